The Labute approximate surface area is 242 Å². The van der Waals surface area contributed by atoms with E-state index in [0.717, 1.165) is 0 Å². The lowest BCUT2D eigenvalue weighted by Crippen LogP contribution is -2.65. The Morgan fingerprint density at radius 2 is 1.49 bits per heavy atom. The molecule has 232 valence electrons. The molecule has 0 saturated carbocycles. The van der Waals surface area contributed by atoms with E-state index < -0.39 is 74.6 Å². The highest BCUT2D eigenvalue weighted by atomic mass is 16.7. The number of rotatable bonds is 7. The molecule has 0 bridgehead atoms. The molecule has 15 heteroatoms. The average Bonchev–Trinajstić information content (AvgIpc) is 3.49. The Bertz CT molecular complexity index is 1510. The van der Waals surface area contributed by atoms with Crippen molar-refractivity contribution in [2.24, 2.45) is 0 Å². The van der Waals surface area contributed by atoms with Crippen LogP contribution in [0.2, 0.25) is 0 Å². The van der Waals surface area contributed by atoms with Gasteiger partial charge in [-0.15, -0.1) is 0 Å². The molecule has 6 rings (SSSR count). The van der Waals surface area contributed by atoms with Crippen LogP contribution < -0.4 is 19.6 Å². The zero-order valence-electron chi connectivity index (χ0n) is 22.3. The Kier molecular flexibility index (Phi) is 8.27. The summed E-state index contributed by atoms with van der Waals surface area (Å²) in [7, 11) is 0. The third-order valence-corrected chi connectivity index (χ3v) is 7.64. The second-order valence-corrected chi connectivity index (χ2v) is 10.3. The molecule has 15 nitrogen and oxygen atoms in total. The van der Waals surface area contributed by atoms with Crippen molar-refractivity contribution in [3.8, 4) is 28.4 Å². The van der Waals surface area contributed by atoms with Gasteiger partial charge < -0.3 is 68.6 Å². The van der Waals surface area contributed by atoms with Crippen LogP contribution in [0.3, 0.4) is 0 Å². The van der Waals surface area contributed by atoms with Crippen molar-refractivity contribution in [3.63, 3.8) is 0 Å². The molecule has 3 aromatic rings. The monoisotopic (exact) mass is 606 g/mol. The van der Waals surface area contributed by atoms with E-state index in [9.17, 15) is 40.5 Å². The van der Waals surface area contributed by atoms with Crippen LogP contribution in [-0.4, -0.2) is 117 Å². The fourth-order valence-corrected chi connectivity index (χ4v) is 5.23. The fraction of sp³-hybridized carbons (Fsp3) is 0.464. The SMILES string of the molecule is O=c1c(-c2ccc3c(c2)OCO3)coc2cc(OC3OC(CO)C(O)C(OC4OC(CO)C(O)C(O)C4O)C3O)ccc12. The van der Waals surface area contributed by atoms with Crippen molar-refractivity contribution in [1.29, 1.82) is 0 Å². The summed E-state index contributed by atoms with van der Waals surface area (Å²) in [5.74, 6) is 1.17. The second-order valence-electron chi connectivity index (χ2n) is 10.3. The van der Waals surface area contributed by atoms with Crippen LogP contribution in [0.5, 0.6) is 17.2 Å². The maximum atomic E-state index is 13.3. The molecule has 0 amide bonds. The lowest BCUT2D eigenvalue weighted by molar-refractivity contribution is -0.352. The van der Waals surface area contributed by atoms with E-state index in [1.165, 1.54) is 24.5 Å². The predicted molar refractivity (Wildman–Crippen MR) is 141 cm³/mol. The van der Waals surface area contributed by atoms with E-state index in [1.807, 2.05) is 0 Å². The summed E-state index contributed by atoms with van der Waals surface area (Å²) < 4.78 is 38.7. The predicted octanol–water partition coefficient (Wildman–Crippen LogP) is -1.81. The summed E-state index contributed by atoms with van der Waals surface area (Å²) in [4.78, 5) is 13.3. The van der Waals surface area contributed by atoms with E-state index in [2.05, 4.69) is 0 Å². The van der Waals surface area contributed by atoms with Crippen molar-refractivity contribution in [1.82, 2.24) is 0 Å². The van der Waals surface area contributed by atoms with Gasteiger partial charge in [-0.25, -0.2) is 0 Å². The molecule has 1 aromatic heterocycles. The van der Waals surface area contributed by atoms with E-state index in [1.54, 1.807) is 18.2 Å². The summed E-state index contributed by atoms with van der Waals surface area (Å²) in [5.41, 5.74) is 0.693. The lowest BCUT2D eigenvalue weighted by atomic mass is 9.97. The minimum absolute atomic E-state index is 0.0892. The normalized spacial score (nSPS) is 33.9. The van der Waals surface area contributed by atoms with Crippen molar-refractivity contribution in [2.75, 3.05) is 20.0 Å². The molecule has 10 unspecified atom stereocenters. The molecule has 0 aliphatic carbocycles. The van der Waals surface area contributed by atoms with E-state index in [-0.39, 0.29) is 28.9 Å². The average molecular weight is 607 g/mol. The smallest absolute Gasteiger partial charge is 0.231 e. The van der Waals surface area contributed by atoms with Gasteiger partial charge in [-0.2, -0.15) is 0 Å². The molecule has 2 fully saturated rings. The number of aliphatic hydroxyl groups is 7. The molecule has 3 aliphatic heterocycles. The Morgan fingerprint density at radius 1 is 0.767 bits per heavy atom. The molecule has 0 spiro atoms. The molecule has 2 saturated heterocycles. The Morgan fingerprint density at radius 3 is 2.26 bits per heavy atom. The third kappa shape index (κ3) is 5.44. The Hall–Kier alpha value is -3.35. The molecule has 0 radical (unpaired) electrons. The van der Waals surface area contributed by atoms with Crippen molar-refractivity contribution in [2.45, 2.75) is 61.4 Å². The van der Waals surface area contributed by atoms with Crippen molar-refractivity contribution < 1.29 is 68.6 Å². The number of hydrogen-bond donors (Lipinski definition) is 7. The summed E-state index contributed by atoms with van der Waals surface area (Å²) in [6.07, 6.45) is -14.7. The second kappa shape index (κ2) is 12.0. The molecule has 7 N–H and O–H groups in total. The summed E-state index contributed by atoms with van der Waals surface area (Å²) in [6, 6.07) is 9.36. The zero-order chi connectivity index (χ0) is 30.4. The third-order valence-electron chi connectivity index (χ3n) is 7.64. The van der Waals surface area contributed by atoms with Gasteiger partial charge in [-0.05, 0) is 29.8 Å². The minimum atomic E-state index is -1.81. The van der Waals surface area contributed by atoms with Gasteiger partial charge in [-0.3, -0.25) is 4.79 Å². The molecule has 4 heterocycles. The van der Waals surface area contributed by atoms with E-state index >= 15 is 0 Å². The summed E-state index contributed by atoms with van der Waals surface area (Å²) in [5, 5.41) is 71.6. The number of hydrogen-bond acceptors (Lipinski definition) is 15. The fourth-order valence-electron chi connectivity index (χ4n) is 5.23. The van der Waals surface area contributed by atoms with Gasteiger partial charge in [0.2, 0.25) is 13.1 Å². The van der Waals surface area contributed by atoms with Crippen molar-refractivity contribution in [3.05, 3.63) is 52.9 Å². The van der Waals surface area contributed by atoms with Crippen molar-refractivity contribution >= 4 is 11.0 Å². The molecular formula is C28H30O15. The number of ether oxygens (including phenoxy) is 6. The lowest BCUT2D eigenvalue weighted by Gasteiger charge is -2.45. The number of aliphatic hydroxyl groups excluding tert-OH is 7. The van der Waals surface area contributed by atoms with E-state index in [0.29, 0.717) is 22.6 Å². The highest BCUT2D eigenvalue weighted by Gasteiger charge is 2.51. The topological polar surface area (TPSA) is 227 Å². The first-order valence-electron chi connectivity index (χ1n) is 13.4. The molecule has 3 aliphatic rings. The molecular weight excluding hydrogens is 576 g/mol. The van der Waals surface area contributed by atoms with Gasteiger partial charge in [-0.1, -0.05) is 6.07 Å². The summed E-state index contributed by atoms with van der Waals surface area (Å²) in [6.45, 7) is -1.34. The quantitative estimate of drug-likeness (QED) is 0.157. The Balaban J connectivity index is 1.22. The molecule has 10 atom stereocenters. The maximum absolute atomic E-state index is 13.3. The van der Waals surface area contributed by atoms with Crippen LogP contribution >= 0.6 is 0 Å². The first-order valence-corrected chi connectivity index (χ1v) is 13.4. The first-order chi connectivity index (χ1) is 20.7. The van der Waals surface area contributed by atoms with Gasteiger partial charge in [0.1, 0.15) is 66.4 Å². The standard InChI is InChI=1S/C28H30O15/c29-7-18-21(32)23(34)24(35)27(41-18)43-26-22(33)19(8-30)42-28(25(26)36)40-12-2-3-13-16(6-12)37-9-14(20(13)31)11-1-4-15-17(5-11)39-10-38-15/h1-6,9,18-19,21-30,32-36H,7-8,10H2. The van der Waals surface area contributed by atoms with Crippen LogP contribution in [0.25, 0.3) is 22.1 Å². The van der Waals surface area contributed by atoms with E-state index in [4.69, 9.17) is 32.8 Å². The number of benzene rings is 2. The van der Waals surface area contributed by atoms with Crippen LogP contribution in [0.4, 0.5) is 0 Å². The van der Waals surface area contributed by atoms with Gasteiger partial charge in [0.05, 0.1) is 24.2 Å². The van der Waals surface area contributed by atoms with Crippen LogP contribution in [0.1, 0.15) is 0 Å². The number of fused-ring (bicyclic) bond motifs is 2. The maximum Gasteiger partial charge on any atom is 0.231 e. The summed E-state index contributed by atoms with van der Waals surface area (Å²) >= 11 is 0. The first kappa shape index (κ1) is 29.7. The highest BCUT2D eigenvalue weighted by molar-refractivity contribution is 5.83. The largest absolute Gasteiger partial charge is 0.463 e. The van der Waals surface area contributed by atoms with Gasteiger partial charge >= 0.3 is 0 Å². The molecule has 2 aromatic carbocycles. The van der Waals surface area contributed by atoms with Gasteiger partial charge in [0.25, 0.3) is 0 Å². The zero-order valence-corrected chi connectivity index (χ0v) is 22.3. The van der Waals surface area contributed by atoms with Crippen LogP contribution in [0, 0.1) is 0 Å². The minimum Gasteiger partial charge on any atom is -0.463 e. The molecule has 43 heavy (non-hydrogen) atoms. The van der Waals surface area contributed by atoms with Gasteiger partial charge in [0, 0.05) is 6.07 Å². The van der Waals surface area contributed by atoms with Gasteiger partial charge in [0.15, 0.2) is 23.2 Å². The highest BCUT2D eigenvalue weighted by Crippen LogP contribution is 2.36. The van der Waals surface area contributed by atoms with Crippen LogP contribution in [0.15, 0.2) is 51.9 Å². The van der Waals surface area contributed by atoms with Crippen LogP contribution in [-0.2, 0) is 14.2 Å².